The second-order valence-corrected chi connectivity index (χ2v) is 3.68. The van der Waals surface area contributed by atoms with Crippen LogP contribution in [0.5, 0.6) is 5.75 Å². The number of nitrogens with two attached hydrogens (primary N) is 1. The van der Waals surface area contributed by atoms with Gasteiger partial charge >= 0.3 is 0 Å². The Hall–Kier alpha value is -1.97. The third kappa shape index (κ3) is 2.00. The van der Waals surface area contributed by atoms with E-state index in [0.29, 0.717) is 12.4 Å². The fourth-order valence-electron chi connectivity index (χ4n) is 1.69. The van der Waals surface area contributed by atoms with E-state index in [2.05, 4.69) is 5.10 Å². The third-order valence-electron chi connectivity index (χ3n) is 2.45. The number of ether oxygens (including phenoxy) is 1. The van der Waals surface area contributed by atoms with Crippen molar-refractivity contribution in [3.05, 3.63) is 41.6 Å². The summed E-state index contributed by atoms with van der Waals surface area (Å²) in [6, 6.07) is 9.72. The number of methoxy groups -OCH3 is 1. The molecule has 0 aliphatic carbocycles. The number of hydrogen-bond acceptors (Lipinski definition) is 3. The summed E-state index contributed by atoms with van der Waals surface area (Å²) < 4.78 is 7.05. The van der Waals surface area contributed by atoms with Gasteiger partial charge in [0.2, 0.25) is 0 Å². The quantitative estimate of drug-likeness (QED) is 0.853. The van der Waals surface area contributed by atoms with Crippen molar-refractivity contribution in [2.45, 2.75) is 13.5 Å². The Kier molecular flexibility index (Phi) is 2.81. The molecule has 16 heavy (non-hydrogen) atoms. The van der Waals surface area contributed by atoms with Gasteiger partial charge in [-0.25, -0.2) is 4.68 Å². The van der Waals surface area contributed by atoms with Gasteiger partial charge in [-0.2, -0.15) is 5.10 Å². The monoisotopic (exact) mass is 217 g/mol. The standard InChI is InChI=1S/C12H15N3O/c1-9-7-12(13)15(14-9)8-10-5-3-4-6-11(10)16-2/h3-7H,8,13H2,1-2H3. The van der Waals surface area contributed by atoms with Crippen molar-refractivity contribution in [3.8, 4) is 5.75 Å². The number of nitrogen functional groups attached to an aromatic ring is 1. The molecule has 0 fully saturated rings. The molecule has 4 nitrogen and oxygen atoms in total. The van der Waals surface area contributed by atoms with Crippen molar-refractivity contribution in [3.63, 3.8) is 0 Å². The predicted octanol–water partition coefficient (Wildman–Crippen LogP) is 1.83. The van der Waals surface area contributed by atoms with Gasteiger partial charge in [0.15, 0.2) is 0 Å². The zero-order valence-electron chi connectivity index (χ0n) is 9.47. The number of benzene rings is 1. The van der Waals surface area contributed by atoms with Crippen molar-refractivity contribution < 1.29 is 4.74 Å². The van der Waals surface area contributed by atoms with Crippen LogP contribution < -0.4 is 10.5 Å². The Morgan fingerprint density at radius 1 is 1.38 bits per heavy atom. The maximum Gasteiger partial charge on any atom is 0.123 e. The Balaban J connectivity index is 2.30. The lowest BCUT2D eigenvalue weighted by Crippen LogP contribution is -2.06. The van der Waals surface area contributed by atoms with Gasteiger partial charge < -0.3 is 10.5 Å². The van der Waals surface area contributed by atoms with Gasteiger partial charge in [0.1, 0.15) is 11.6 Å². The van der Waals surface area contributed by atoms with Crippen LogP contribution >= 0.6 is 0 Å². The van der Waals surface area contributed by atoms with Gasteiger partial charge in [0, 0.05) is 11.6 Å². The first-order valence-electron chi connectivity index (χ1n) is 5.12. The lowest BCUT2D eigenvalue weighted by Gasteiger charge is -2.09. The highest BCUT2D eigenvalue weighted by Gasteiger charge is 2.06. The Bertz CT molecular complexity index is 491. The number of aromatic nitrogens is 2. The predicted molar refractivity (Wildman–Crippen MR) is 63.5 cm³/mol. The summed E-state index contributed by atoms with van der Waals surface area (Å²) in [7, 11) is 1.66. The molecule has 0 saturated heterocycles. The SMILES string of the molecule is COc1ccccc1Cn1nc(C)cc1N. The van der Waals surface area contributed by atoms with E-state index in [0.717, 1.165) is 17.0 Å². The van der Waals surface area contributed by atoms with Crippen LogP contribution in [0.15, 0.2) is 30.3 Å². The largest absolute Gasteiger partial charge is 0.496 e. The Labute approximate surface area is 94.6 Å². The lowest BCUT2D eigenvalue weighted by atomic mass is 10.2. The van der Waals surface area contributed by atoms with Gasteiger partial charge in [-0.15, -0.1) is 0 Å². The normalized spacial score (nSPS) is 10.4. The molecule has 0 unspecified atom stereocenters. The molecule has 1 aromatic heterocycles. The smallest absolute Gasteiger partial charge is 0.123 e. The highest BCUT2D eigenvalue weighted by atomic mass is 16.5. The van der Waals surface area contributed by atoms with Crippen molar-refractivity contribution in [2.75, 3.05) is 12.8 Å². The van der Waals surface area contributed by atoms with Gasteiger partial charge in [-0.05, 0) is 13.0 Å². The topological polar surface area (TPSA) is 53.1 Å². The zero-order chi connectivity index (χ0) is 11.5. The molecule has 1 aromatic carbocycles. The van der Waals surface area contributed by atoms with E-state index in [1.165, 1.54) is 0 Å². The number of hydrogen-bond donors (Lipinski definition) is 1. The molecule has 2 rings (SSSR count). The van der Waals surface area contributed by atoms with Crippen LogP contribution in [0.2, 0.25) is 0 Å². The van der Waals surface area contributed by atoms with Crippen LogP contribution in [0.1, 0.15) is 11.3 Å². The lowest BCUT2D eigenvalue weighted by molar-refractivity contribution is 0.407. The maximum atomic E-state index is 5.84. The molecule has 0 saturated carbocycles. The summed E-state index contributed by atoms with van der Waals surface area (Å²) in [5, 5.41) is 4.32. The summed E-state index contributed by atoms with van der Waals surface area (Å²) in [6.45, 7) is 2.55. The van der Waals surface area contributed by atoms with E-state index in [9.17, 15) is 0 Å². The summed E-state index contributed by atoms with van der Waals surface area (Å²) >= 11 is 0. The molecule has 0 atom stereocenters. The van der Waals surface area contributed by atoms with Crippen LogP contribution in [0.25, 0.3) is 0 Å². The van der Waals surface area contributed by atoms with Crippen molar-refractivity contribution in [2.24, 2.45) is 0 Å². The molecule has 0 bridgehead atoms. The Morgan fingerprint density at radius 3 is 2.75 bits per heavy atom. The van der Waals surface area contributed by atoms with E-state index in [1.54, 1.807) is 11.8 Å². The number of anilines is 1. The summed E-state index contributed by atoms with van der Waals surface area (Å²) in [5.74, 6) is 1.53. The zero-order valence-corrected chi connectivity index (χ0v) is 9.47. The number of aryl methyl sites for hydroxylation is 1. The van der Waals surface area contributed by atoms with Gasteiger partial charge in [0.25, 0.3) is 0 Å². The number of nitrogens with zero attached hydrogens (tertiary/aromatic N) is 2. The first-order valence-corrected chi connectivity index (χ1v) is 5.12. The first kappa shape index (κ1) is 10.5. The average molecular weight is 217 g/mol. The molecule has 2 aromatic rings. The fraction of sp³-hybridized carbons (Fsp3) is 0.250. The fourth-order valence-corrected chi connectivity index (χ4v) is 1.69. The molecule has 0 amide bonds. The maximum absolute atomic E-state index is 5.84. The van der Waals surface area contributed by atoms with E-state index >= 15 is 0 Å². The summed E-state index contributed by atoms with van der Waals surface area (Å²) in [6.07, 6.45) is 0. The molecular weight excluding hydrogens is 202 g/mol. The molecule has 2 N–H and O–H groups in total. The minimum absolute atomic E-state index is 0.629. The van der Waals surface area contributed by atoms with Crippen LogP contribution in [0, 0.1) is 6.92 Å². The first-order chi connectivity index (χ1) is 7.70. The van der Waals surface area contributed by atoms with Gasteiger partial charge in [-0.3, -0.25) is 0 Å². The van der Waals surface area contributed by atoms with Crippen molar-refractivity contribution >= 4 is 5.82 Å². The minimum Gasteiger partial charge on any atom is -0.496 e. The molecule has 0 spiro atoms. The van der Waals surface area contributed by atoms with Crippen molar-refractivity contribution in [1.29, 1.82) is 0 Å². The van der Waals surface area contributed by atoms with Crippen LogP contribution in [0.3, 0.4) is 0 Å². The molecule has 1 heterocycles. The van der Waals surface area contributed by atoms with E-state index < -0.39 is 0 Å². The number of para-hydroxylation sites is 1. The molecule has 0 radical (unpaired) electrons. The van der Waals surface area contributed by atoms with Gasteiger partial charge in [-0.1, -0.05) is 18.2 Å². The highest BCUT2D eigenvalue weighted by molar-refractivity contribution is 5.36. The summed E-state index contributed by atoms with van der Waals surface area (Å²) in [5.41, 5.74) is 7.83. The van der Waals surface area contributed by atoms with E-state index in [-0.39, 0.29) is 0 Å². The molecule has 4 heteroatoms. The van der Waals surface area contributed by atoms with Crippen molar-refractivity contribution in [1.82, 2.24) is 9.78 Å². The van der Waals surface area contributed by atoms with Crippen LogP contribution in [-0.4, -0.2) is 16.9 Å². The van der Waals surface area contributed by atoms with E-state index in [4.69, 9.17) is 10.5 Å². The second kappa shape index (κ2) is 4.26. The third-order valence-corrected chi connectivity index (χ3v) is 2.45. The van der Waals surface area contributed by atoms with Gasteiger partial charge in [0.05, 0.1) is 19.3 Å². The van der Waals surface area contributed by atoms with E-state index in [1.807, 2.05) is 37.3 Å². The van der Waals surface area contributed by atoms with Crippen LogP contribution in [0.4, 0.5) is 5.82 Å². The molecule has 0 aliphatic heterocycles. The molecule has 84 valence electrons. The molecule has 0 aliphatic rings. The molecular formula is C12H15N3O. The second-order valence-electron chi connectivity index (χ2n) is 3.68. The average Bonchev–Trinajstić information content (AvgIpc) is 2.58. The summed E-state index contributed by atoms with van der Waals surface area (Å²) in [4.78, 5) is 0. The van der Waals surface area contributed by atoms with Crippen LogP contribution in [-0.2, 0) is 6.54 Å². The number of rotatable bonds is 3. The highest BCUT2D eigenvalue weighted by Crippen LogP contribution is 2.19. The minimum atomic E-state index is 0.629. The Morgan fingerprint density at radius 2 is 2.12 bits per heavy atom.